The fourth-order valence-corrected chi connectivity index (χ4v) is 3.41. The Labute approximate surface area is 175 Å². The zero-order chi connectivity index (χ0) is 20.9. The van der Waals surface area contributed by atoms with Crippen LogP contribution in [0.25, 0.3) is 11.0 Å². The quantitative estimate of drug-likeness (QED) is 0.470. The van der Waals surface area contributed by atoms with Gasteiger partial charge in [-0.2, -0.15) is 0 Å². The lowest BCUT2D eigenvalue weighted by Gasteiger charge is -2.18. The Morgan fingerprint density at radius 2 is 1.53 bits per heavy atom. The van der Waals surface area contributed by atoms with Crippen molar-refractivity contribution in [2.75, 3.05) is 13.7 Å². The van der Waals surface area contributed by atoms with Crippen LogP contribution in [0, 0.1) is 0 Å². The van der Waals surface area contributed by atoms with Crippen LogP contribution in [-0.2, 0) is 6.54 Å². The summed E-state index contributed by atoms with van der Waals surface area (Å²) in [6.45, 7) is 0.357. The first-order valence-corrected chi connectivity index (χ1v) is 9.79. The molecular weight excluding hydrogens is 380 g/mol. The maximum atomic E-state index is 10.9. The number of hydrogen-bond donors (Lipinski definition) is 2. The number of nitrogens with zero attached hydrogens (tertiary/aromatic N) is 2. The van der Waals surface area contributed by atoms with Crippen LogP contribution in [0.5, 0.6) is 11.5 Å². The second kappa shape index (κ2) is 8.98. The van der Waals surface area contributed by atoms with Crippen LogP contribution < -0.4 is 9.47 Å². The zero-order valence-electron chi connectivity index (χ0n) is 16.7. The SMILES string of the molecule is COc1ccc(OC[C@H](O)Cn2c([C@H](O)c3ccccc3)nc3ccccc32)cc1. The lowest BCUT2D eigenvalue weighted by molar-refractivity contribution is 0.0902. The molecule has 1 heterocycles. The molecule has 0 radical (unpaired) electrons. The monoisotopic (exact) mass is 404 g/mol. The number of aliphatic hydroxyl groups excluding tert-OH is 2. The fraction of sp³-hybridized carbons (Fsp3) is 0.208. The van der Waals surface area contributed by atoms with Gasteiger partial charge in [-0.3, -0.25) is 0 Å². The van der Waals surface area contributed by atoms with Crippen LogP contribution in [0.3, 0.4) is 0 Å². The molecule has 0 aliphatic heterocycles. The average Bonchev–Trinajstić information content (AvgIpc) is 3.16. The van der Waals surface area contributed by atoms with Crippen molar-refractivity contribution >= 4 is 11.0 Å². The summed E-state index contributed by atoms with van der Waals surface area (Å²) in [5.41, 5.74) is 2.37. The summed E-state index contributed by atoms with van der Waals surface area (Å²) in [6.07, 6.45) is -1.68. The van der Waals surface area contributed by atoms with Crippen LogP contribution in [0.4, 0.5) is 0 Å². The smallest absolute Gasteiger partial charge is 0.143 e. The molecule has 0 spiro atoms. The first kappa shape index (κ1) is 19.9. The van der Waals surface area contributed by atoms with Gasteiger partial charge >= 0.3 is 0 Å². The van der Waals surface area contributed by atoms with Crippen molar-refractivity contribution in [2.45, 2.75) is 18.8 Å². The number of methoxy groups -OCH3 is 1. The number of hydrogen-bond acceptors (Lipinski definition) is 5. The van der Waals surface area contributed by atoms with E-state index in [-0.39, 0.29) is 13.2 Å². The molecule has 0 fully saturated rings. The molecule has 4 aromatic rings. The Morgan fingerprint density at radius 3 is 2.27 bits per heavy atom. The Morgan fingerprint density at radius 1 is 0.867 bits per heavy atom. The van der Waals surface area contributed by atoms with Gasteiger partial charge in [0.2, 0.25) is 0 Å². The molecule has 6 nitrogen and oxygen atoms in total. The highest BCUT2D eigenvalue weighted by molar-refractivity contribution is 5.76. The van der Waals surface area contributed by atoms with Gasteiger partial charge in [-0.15, -0.1) is 0 Å². The molecule has 0 amide bonds. The van der Waals surface area contributed by atoms with Crippen LogP contribution in [0.2, 0.25) is 0 Å². The molecule has 154 valence electrons. The van der Waals surface area contributed by atoms with Gasteiger partial charge in [0.15, 0.2) is 0 Å². The van der Waals surface area contributed by atoms with Gasteiger partial charge in [0.25, 0.3) is 0 Å². The first-order valence-electron chi connectivity index (χ1n) is 9.79. The van der Waals surface area contributed by atoms with Crippen molar-refractivity contribution in [2.24, 2.45) is 0 Å². The van der Waals surface area contributed by atoms with Crippen molar-refractivity contribution in [1.82, 2.24) is 9.55 Å². The van der Waals surface area contributed by atoms with E-state index in [1.54, 1.807) is 31.4 Å². The highest BCUT2D eigenvalue weighted by Gasteiger charge is 2.21. The summed E-state index contributed by atoms with van der Waals surface area (Å²) in [5, 5.41) is 21.6. The molecule has 2 atom stereocenters. The Hall–Kier alpha value is -3.35. The molecule has 30 heavy (non-hydrogen) atoms. The molecule has 0 saturated carbocycles. The highest BCUT2D eigenvalue weighted by atomic mass is 16.5. The molecule has 2 N–H and O–H groups in total. The number of imidazole rings is 1. The van der Waals surface area contributed by atoms with E-state index in [0.717, 1.165) is 22.3 Å². The lowest BCUT2D eigenvalue weighted by Crippen LogP contribution is -2.25. The first-order chi connectivity index (χ1) is 14.7. The van der Waals surface area contributed by atoms with Crippen LogP contribution >= 0.6 is 0 Å². The summed E-state index contributed by atoms with van der Waals surface area (Å²) in [6, 6.07) is 24.2. The Kier molecular flexibility index (Phi) is 5.97. The summed E-state index contributed by atoms with van der Waals surface area (Å²) < 4.78 is 12.7. The van der Waals surface area contributed by atoms with E-state index < -0.39 is 12.2 Å². The molecule has 0 unspecified atom stereocenters. The maximum absolute atomic E-state index is 10.9. The average molecular weight is 404 g/mol. The number of aromatic nitrogens is 2. The van der Waals surface area contributed by atoms with Crippen molar-refractivity contribution in [3.05, 3.63) is 90.3 Å². The fourth-order valence-electron chi connectivity index (χ4n) is 3.41. The molecule has 6 heteroatoms. The number of rotatable bonds is 8. The third-order valence-electron chi connectivity index (χ3n) is 4.94. The topological polar surface area (TPSA) is 76.7 Å². The lowest BCUT2D eigenvalue weighted by atomic mass is 10.1. The van der Waals surface area contributed by atoms with E-state index in [2.05, 4.69) is 4.98 Å². The molecule has 1 aromatic heterocycles. The zero-order valence-corrected chi connectivity index (χ0v) is 16.7. The summed E-state index contributed by atoms with van der Waals surface area (Å²) >= 11 is 0. The second-order valence-corrected chi connectivity index (χ2v) is 7.02. The van der Waals surface area contributed by atoms with Gasteiger partial charge < -0.3 is 24.3 Å². The molecule has 3 aromatic carbocycles. The number of fused-ring (bicyclic) bond motifs is 1. The van der Waals surface area contributed by atoms with Crippen molar-refractivity contribution in [3.63, 3.8) is 0 Å². The number of aliphatic hydroxyl groups is 2. The van der Waals surface area contributed by atoms with Crippen molar-refractivity contribution in [3.8, 4) is 11.5 Å². The third kappa shape index (κ3) is 4.30. The minimum absolute atomic E-state index is 0.111. The molecular formula is C24H24N2O4. The van der Waals surface area contributed by atoms with Gasteiger partial charge in [0.05, 0.1) is 24.7 Å². The van der Waals surface area contributed by atoms with Crippen LogP contribution in [-0.4, -0.2) is 39.6 Å². The van der Waals surface area contributed by atoms with E-state index in [9.17, 15) is 10.2 Å². The van der Waals surface area contributed by atoms with Gasteiger partial charge in [-0.1, -0.05) is 42.5 Å². The van der Waals surface area contributed by atoms with E-state index in [1.165, 1.54) is 0 Å². The second-order valence-electron chi connectivity index (χ2n) is 7.02. The maximum Gasteiger partial charge on any atom is 0.143 e. The van der Waals surface area contributed by atoms with E-state index in [0.29, 0.717) is 11.6 Å². The number of ether oxygens (including phenoxy) is 2. The molecule has 0 aliphatic carbocycles. The Bertz CT molecular complexity index is 1090. The minimum Gasteiger partial charge on any atom is -0.497 e. The largest absolute Gasteiger partial charge is 0.497 e. The highest BCUT2D eigenvalue weighted by Crippen LogP contribution is 2.26. The normalized spacial score (nSPS) is 13.2. The van der Waals surface area contributed by atoms with Crippen molar-refractivity contribution < 1.29 is 19.7 Å². The van der Waals surface area contributed by atoms with Crippen LogP contribution in [0.15, 0.2) is 78.9 Å². The van der Waals surface area contributed by atoms with Gasteiger partial charge in [-0.05, 0) is 42.0 Å². The number of benzene rings is 3. The Balaban J connectivity index is 1.54. The molecule has 4 rings (SSSR count). The van der Waals surface area contributed by atoms with Gasteiger partial charge in [0.1, 0.15) is 36.1 Å². The van der Waals surface area contributed by atoms with E-state index in [4.69, 9.17) is 9.47 Å². The summed E-state index contributed by atoms with van der Waals surface area (Å²) in [5.74, 6) is 1.88. The standard InChI is InChI=1S/C24H24N2O4/c1-29-19-11-13-20(14-12-19)30-16-18(27)15-26-22-10-6-5-9-21(22)25-24(26)23(28)17-7-3-2-4-8-17/h2-14,18,23,27-28H,15-16H2,1H3/t18-,23-/m1/s1. The van der Waals surface area contributed by atoms with E-state index >= 15 is 0 Å². The molecule has 0 aliphatic rings. The molecule has 0 saturated heterocycles. The van der Waals surface area contributed by atoms with Crippen LogP contribution in [0.1, 0.15) is 17.5 Å². The predicted octanol–water partition coefficient (Wildman–Crippen LogP) is 3.57. The van der Waals surface area contributed by atoms with Crippen molar-refractivity contribution in [1.29, 1.82) is 0 Å². The minimum atomic E-state index is -0.895. The third-order valence-corrected chi connectivity index (χ3v) is 4.94. The van der Waals surface area contributed by atoms with Gasteiger partial charge in [0, 0.05) is 0 Å². The predicted molar refractivity (Wildman–Crippen MR) is 115 cm³/mol. The van der Waals surface area contributed by atoms with Gasteiger partial charge in [-0.25, -0.2) is 4.98 Å². The summed E-state index contributed by atoms with van der Waals surface area (Å²) in [4.78, 5) is 4.63. The molecule has 0 bridgehead atoms. The number of para-hydroxylation sites is 2. The van der Waals surface area contributed by atoms with E-state index in [1.807, 2.05) is 59.2 Å². The summed E-state index contributed by atoms with van der Waals surface area (Å²) in [7, 11) is 1.61.